The summed E-state index contributed by atoms with van der Waals surface area (Å²) in [5, 5.41) is 11.8. The quantitative estimate of drug-likeness (QED) is 0.734. The maximum absolute atomic E-state index is 12.2. The second-order valence-corrected chi connectivity index (χ2v) is 7.64. The lowest BCUT2D eigenvalue weighted by Gasteiger charge is -2.34. The summed E-state index contributed by atoms with van der Waals surface area (Å²) in [4.78, 5) is 23.2. The molecule has 2 heterocycles. The van der Waals surface area contributed by atoms with Gasteiger partial charge in [-0.1, -0.05) is 30.3 Å². The summed E-state index contributed by atoms with van der Waals surface area (Å²) in [5.41, 5.74) is 2.28. The predicted octanol–water partition coefficient (Wildman–Crippen LogP) is 2.30. The minimum absolute atomic E-state index is 0.0886. The van der Waals surface area contributed by atoms with E-state index in [-0.39, 0.29) is 5.91 Å². The maximum Gasteiger partial charge on any atom is 0.236 e. The Hall–Kier alpha value is -2.27. The molecule has 1 saturated heterocycles. The average Bonchev–Trinajstić information content (AvgIpc) is 3.16. The van der Waals surface area contributed by atoms with E-state index < -0.39 is 0 Å². The van der Waals surface area contributed by atoms with Gasteiger partial charge in [-0.15, -0.1) is 11.3 Å². The number of thiazole rings is 1. The third-order valence-electron chi connectivity index (χ3n) is 4.77. The molecule has 0 bridgehead atoms. The van der Waals surface area contributed by atoms with Crippen molar-refractivity contribution in [3.63, 3.8) is 0 Å². The summed E-state index contributed by atoms with van der Waals surface area (Å²) >= 11 is 1.69. The molecule has 1 aromatic carbocycles. The number of piperazine rings is 1. The fourth-order valence-electron chi connectivity index (χ4n) is 3.08. The highest BCUT2D eigenvalue weighted by atomic mass is 32.1. The maximum atomic E-state index is 12.2. The largest absolute Gasteiger partial charge is 0.344 e. The molecule has 1 aliphatic rings. The fourth-order valence-corrected chi connectivity index (χ4v) is 3.90. The van der Waals surface area contributed by atoms with E-state index in [0.29, 0.717) is 19.5 Å². The van der Waals surface area contributed by atoms with Gasteiger partial charge in [-0.05, 0) is 0 Å². The van der Waals surface area contributed by atoms with Crippen LogP contribution in [0, 0.1) is 11.3 Å². The highest BCUT2D eigenvalue weighted by Gasteiger charge is 2.21. The second kappa shape index (κ2) is 9.60. The lowest BCUT2D eigenvalue weighted by atomic mass is 10.2. The number of aromatic nitrogens is 1. The van der Waals surface area contributed by atoms with Crippen molar-refractivity contribution in [2.24, 2.45) is 0 Å². The van der Waals surface area contributed by atoms with E-state index in [1.54, 1.807) is 23.3 Å². The number of nitrogens with zero attached hydrogens (tertiary/aromatic N) is 5. The molecule has 7 heteroatoms. The Labute approximate surface area is 164 Å². The van der Waals surface area contributed by atoms with Gasteiger partial charge in [0.25, 0.3) is 0 Å². The summed E-state index contributed by atoms with van der Waals surface area (Å²) in [6, 6.07) is 12.3. The van der Waals surface area contributed by atoms with Crippen molar-refractivity contribution in [1.82, 2.24) is 19.7 Å². The molecule has 2 aromatic rings. The predicted molar refractivity (Wildman–Crippen MR) is 107 cm³/mol. The number of benzene rings is 1. The summed E-state index contributed by atoms with van der Waals surface area (Å²) < 4.78 is 0. The molecule has 0 unspecified atom stereocenters. The van der Waals surface area contributed by atoms with Crippen molar-refractivity contribution >= 4 is 17.2 Å². The Morgan fingerprint density at radius 3 is 2.63 bits per heavy atom. The number of rotatable bonds is 7. The molecule has 27 heavy (non-hydrogen) atoms. The third kappa shape index (κ3) is 5.60. The van der Waals surface area contributed by atoms with Crippen LogP contribution < -0.4 is 0 Å². The van der Waals surface area contributed by atoms with Crippen LogP contribution in [0.4, 0.5) is 0 Å². The normalized spacial score (nSPS) is 15.4. The van der Waals surface area contributed by atoms with E-state index in [1.165, 1.54) is 0 Å². The van der Waals surface area contributed by atoms with E-state index in [4.69, 9.17) is 10.2 Å². The van der Waals surface area contributed by atoms with Gasteiger partial charge in [-0.2, -0.15) is 5.26 Å². The molecule has 0 N–H and O–H groups in total. The summed E-state index contributed by atoms with van der Waals surface area (Å²) in [6.07, 6.45) is 0.384. The van der Waals surface area contributed by atoms with Gasteiger partial charge < -0.3 is 4.90 Å². The van der Waals surface area contributed by atoms with Crippen LogP contribution in [0.3, 0.4) is 0 Å². The lowest BCUT2D eigenvalue weighted by Crippen LogP contribution is -2.49. The molecule has 0 spiro atoms. The smallest absolute Gasteiger partial charge is 0.236 e. The minimum atomic E-state index is 0.0886. The van der Waals surface area contributed by atoms with Crippen LogP contribution in [0.25, 0.3) is 10.6 Å². The molecule has 0 saturated carbocycles. The molecule has 6 nitrogen and oxygen atoms in total. The van der Waals surface area contributed by atoms with Crippen LogP contribution in [0.5, 0.6) is 0 Å². The molecule has 0 radical (unpaired) electrons. The lowest BCUT2D eigenvalue weighted by molar-refractivity contribution is -0.131. The number of carbonyl (C=O) groups excluding carboxylic acids is 1. The van der Waals surface area contributed by atoms with E-state index in [2.05, 4.69) is 33.4 Å². The SMILES string of the molecule is CN(CCC#N)C(=O)CN1CCN(Cc2csc(-c3ccccc3)n2)CC1. The van der Waals surface area contributed by atoms with Gasteiger partial charge in [0, 0.05) is 57.3 Å². The van der Waals surface area contributed by atoms with Crippen molar-refractivity contribution in [2.75, 3.05) is 46.3 Å². The molecular formula is C20H25N5OS. The van der Waals surface area contributed by atoms with E-state index in [1.807, 2.05) is 18.2 Å². The van der Waals surface area contributed by atoms with Crippen LogP contribution in [0.1, 0.15) is 12.1 Å². The van der Waals surface area contributed by atoms with Crippen LogP contribution in [-0.4, -0.2) is 71.9 Å². The second-order valence-electron chi connectivity index (χ2n) is 6.79. The fraction of sp³-hybridized carbons (Fsp3) is 0.450. The van der Waals surface area contributed by atoms with Gasteiger partial charge in [0.15, 0.2) is 0 Å². The van der Waals surface area contributed by atoms with Crippen LogP contribution in [0.15, 0.2) is 35.7 Å². The molecular weight excluding hydrogens is 358 g/mol. The van der Waals surface area contributed by atoms with Crippen LogP contribution >= 0.6 is 11.3 Å². The monoisotopic (exact) mass is 383 g/mol. The summed E-state index contributed by atoms with van der Waals surface area (Å²) in [7, 11) is 1.77. The Kier molecular flexibility index (Phi) is 6.93. The molecule has 1 aromatic heterocycles. The molecule has 142 valence electrons. The highest BCUT2D eigenvalue weighted by molar-refractivity contribution is 7.13. The van der Waals surface area contributed by atoms with Crippen molar-refractivity contribution in [3.8, 4) is 16.6 Å². The van der Waals surface area contributed by atoms with Crippen LogP contribution in [0.2, 0.25) is 0 Å². The zero-order valence-corrected chi connectivity index (χ0v) is 16.5. The first-order valence-corrected chi connectivity index (χ1v) is 10.1. The zero-order valence-electron chi connectivity index (χ0n) is 15.7. The van der Waals surface area contributed by atoms with Gasteiger partial charge in [-0.25, -0.2) is 4.98 Å². The first-order chi connectivity index (χ1) is 13.2. The number of amides is 1. The van der Waals surface area contributed by atoms with Crippen molar-refractivity contribution in [1.29, 1.82) is 5.26 Å². The Bertz CT molecular complexity index is 777. The van der Waals surface area contributed by atoms with Gasteiger partial charge in [0.2, 0.25) is 5.91 Å². The number of nitriles is 1. The molecule has 1 aliphatic heterocycles. The standard InChI is InChI=1S/C20H25N5OS/c1-23(9-5-8-21)19(26)15-25-12-10-24(11-13-25)14-18-16-27-20(22-18)17-6-3-2-4-7-17/h2-4,6-7,16H,5,9-15H2,1H3. The average molecular weight is 384 g/mol. The molecule has 1 fully saturated rings. The van der Waals surface area contributed by atoms with Crippen molar-refractivity contribution < 1.29 is 4.79 Å². The first kappa shape index (κ1) is 19.5. The van der Waals surface area contributed by atoms with Crippen molar-refractivity contribution in [3.05, 3.63) is 41.4 Å². The third-order valence-corrected chi connectivity index (χ3v) is 5.71. The minimum Gasteiger partial charge on any atom is -0.344 e. The van der Waals surface area contributed by atoms with Gasteiger partial charge in [0.05, 0.1) is 24.7 Å². The van der Waals surface area contributed by atoms with Gasteiger partial charge in [-0.3, -0.25) is 14.6 Å². The van der Waals surface area contributed by atoms with Crippen LogP contribution in [-0.2, 0) is 11.3 Å². The summed E-state index contributed by atoms with van der Waals surface area (Å²) in [6.45, 7) is 5.43. The summed E-state index contributed by atoms with van der Waals surface area (Å²) in [5.74, 6) is 0.0886. The molecule has 0 aliphatic carbocycles. The van der Waals surface area contributed by atoms with E-state index in [0.717, 1.165) is 49.0 Å². The van der Waals surface area contributed by atoms with E-state index >= 15 is 0 Å². The number of carbonyl (C=O) groups is 1. The topological polar surface area (TPSA) is 63.5 Å². The number of likely N-dealkylation sites (N-methyl/N-ethyl adjacent to an activating group) is 1. The molecule has 3 rings (SSSR count). The van der Waals surface area contributed by atoms with E-state index in [9.17, 15) is 4.79 Å². The molecule has 0 atom stereocenters. The Morgan fingerprint density at radius 2 is 1.93 bits per heavy atom. The molecule has 1 amide bonds. The van der Waals surface area contributed by atoms with Gasteiger partial charge >= 0.3 is 0 Å². The Morgan fingerprint density at radius 1 is 1.22 bits per heavy atom. The zero-order chi connectivity index (χ0) is 19.1. The number of hydrogen-bond acceptors (Lipinski definition) is 6. The first-order valence-electron chi connectivity index (χ1n) is 9.21. The van der Waals surface area contributed by atoms with Gasteiger partial charge in [0.1, 0.15) is 5.01 Å². The van der Waals surface area contributed by atoms with Crippen molar-refractivity contribution in [2.45, 2.75) is 13.0 Å². The Balaban J connectivity index is 1.44. The highest BCUT2D eigenvalue weighted by Crippen LogP contribution is 2.24. The number of hydrogen-bond donors (Lipinski definition) is 0.